The first kappa shape index (κ1) is 14.3. The van der Waals surface area contributed by atoms with Crippen molar-refractivity contribution in [2.75, 3.05) is 18.4 Å². The number of rotatable bonds is 5. The second kappa shape index (κ2) is 5.88. The van der Waals surface area contributed by atoms with Gasteiger partial charge in [-0.15, -0.1) is 0 Å². The van der Waals surface area contributed by atoms with E-state index in [1.807, 2.05) is 13.8 Å². The summed E-state index contributed by atoms with van der Waals surface area (Å²) in [4.78, 5) is 4.26. The van der Waals surface area contributed by atoms with Gasteiger partial charge in [0.05, 0.1) is 5.69 Å². The standard InChI is InChI=1S/C13H21N3O2S/c1-3-7-15-12-6-8-14-10-13(12)19(17,18)16-9-4-5-11(16)2/h6,8,10-11H,3-5,7,9H2,1-2H3,(H,14,15). The van der Waals surface area contributed by atoms with Gasteiger partial charge in [0, 0.05) is 31.5 Å². The largest absolute Gasteiger partial charge is 0.384 e. The van der Waals surface area contributed by atoms with E-state index in [0.717, 1.165) is 25.8 Å². The van der Waals surface area contributed by atoms with E-state index in [-0.39, 0.29) is 10.9 Å². The highest BCUT2D eigenvalue weighted by atomic mass is 32.2. The lowest BCUT2D eigenvalue weighted by atomic mass is 10.3. The van der Waals surface area contributed by atoms with Gasteiger partial charge in [0.1, 0.15) is 4.90 Å². The van der Waals surface area contributed by atoms with E-state index in [0.29, 0.717) is 12.2 Å². The third kappa shape index (κ3) is 2.90. The Bertz CT molecular complexity index is 530. The zero-order valence-corrected chi connectivity index (χ0v) is 12.3. The van der Waals surface area contributed by atoms with Gasteiger partial charge in [-0.05, 0) is 32.3 Å². The molecule has 2 rings (SSSR count). The molecule has 0 spiro atoms. The first-order valence-corrected chi connectivity index (χ1v) is 8.21. The van der Waals surface area contributed by atoms with Crippen LogP contribution in [0.15, 0.2) is 23.4 Å². The summed E-state index contributed by atoms with van der Waals surface area (Å²) in [7, 11) is -3.44. The number of sulfonamides is 1. The van der Waals surface area contributed by atoms with Crippen LogP contribution in [0.1, 0.15) is 33.1 Å². The topological polar surface area (TPSA) is 62.3 Å². The number of anilines is 1. The average molecular weight is 283 g/mol. The molecule has 1 fully saturated rings. The van der Waals surface area contributed by atoms with Gasteiger partial charge in [0.25, 0.3) is 0 Å². The van der Waals surface area contributed by atoms with Gasteiger partial charge in [0.15, 0.2) is 0 Å². The van der Waals surface area contributed by atoms with E-state index in [1.165, 1.54) is 6.20 Å². The fourth-order valence-electron chi connectivity index (χ4n) is 2.38. The fourth-order valence-corrected chi connectivity index (χ4v) is 4.20. The van der Waals surface area contributed by atoms with Crippen molar-refractivity contribution in [2.45, 2.75) is 44.0 Å². The SMILES string of the molecule is CCCNc1ccncc1S(=O)(=O)N1CCCC1C. The number of nitrogens with one attached hydrogen (secondary N) is 1. The second-order valence-electron chi connectivity index (χ2n) is 4.91. The molecule has 0 saturated carbocycles. The highest BCUT2D eigenvalue weighted by molar-refractivity contribution is 7.89. The van der Waals surface area contributed by atoms with Crippen molar-refractivity contribution in [3.8, 4) is 0 Å². The summed E-state index contributed by atoms with van der Waals surface area (Å²) in [5.41, 5.74) is 0.649. The molecular weight excluding hydrogens is 262 g/mol. The van der Waals surface area contributed by atoms with Crippen molar-refractivity contribution >= 4 is 15.7 Å². The Morgan fingerprint density at radius 1 is 1.53 bits per heavy atom. The molecule has 1 atom stereocenters. The normalized spacial score (nSPS) is 20.6. The molecule has 0 amide bonds. The van der Waals surface area contributed by atoms with Gasteiger partial charge in [0.2, 0.25) is 10.0 Å². The third-order valence-corrected chi connectivity index (χ3v) is 5.47. The number of hydrogen-bond donors (Lipinski definition) is 1. The van der Waals surface area contributed by atoms with Crippen LogP contribution in [-0.2, 0) is 10.0 Å². The highest BCUT2D eigenvalue weighted by Gasteiger charge is 2.34. The van der Waals surface area contributed by atoms with Crippen LogP contribution in [0.5, 0.6) is 0 Å². The number of hydrogen-bond acceptors (Lipinski definition) is 4. The smallest absolute Gasteiger partial charge is 0.246 e. The Labute approximate surface area is 115 Å². The van der Waals surface area contributed by atoms with Crippen molar-refractivity contribution in [3.63, 3.8) is 0 Å². The zero-order chi connectivity index (χ0) is 13.9. The van der Waals surface area contributed by atoms with Crippen molar-refractivity contribution in [3.05, 3.63) is 18.5 Å². The first-order chi connectivity index (χ1) is 9.07. The van der Waals surface area contributed by atoms with Crippen molar-refractivity contribution in [1.29, 1.82) is 0 Å². The number of aromatic nitrogens is 1. The molecule has 0 radical (unpaired) electrons. The van der Waals surface area contributed by atoms with Crippen LogP contribution in [-0.4, -0.2) is 36.8 Å². The lowest BCUT2D eigenvalue weighted by Gasteiger charge is -2.22. The van der Waals surface area contributed by atoms with E-state index < -0.39 is 10.0 Å². The molecule has 0 bridgehead atoms. The molecule has 2 heterocycles. The maximum atomic E-state index is 12.7. The molecule has 0 aromatic carbocycles. The molecule has 6 heteroatoms. The monoisotopic (exact) mass is 283 g/mol. The minimum Gasteiger partial charge on any atom is -0.384 e. The van der Waals surface area contributed by atoms with Crippen LogP contribution in [0, 0.1) is 0 Å². The second-order valence-corrected chi connectivity index (χ2v) is 6.76. The van der Waals surface area contributed by atoms with Crippen LogP contribution in [0.4, 0.5) is 5.69 Å². The lowest BCUT2D eigenvalue weighted by molar-refractivity contribution is 0.408. The summed E-state index contributed by atoms with van der Waals surface area (Å²) < 4.78 is 26.9. The third-order valence-electron chi connectivity index (χ3n) is 3.43. The van der Waals surface area contributed by atoms with Crippen LogP contribution in [0.25, 0.3) is 0 Å². The van der Waals surface area contributed by atoms with E-state index in [1.54, 1.807) is 16.6 Å². The minimum absolute atomic E-state index is 0.0734. The van der Waals surface area contributed by atoms with Gasteiger partial charge in [-0.1, -0.05) is 6.92 Å². The summed E-state index contributed by atoms with van der Waals surface area (Å²) >= 11 is 0. The van der Waals surface area contributed by atoms with Crippen LogP contribution in [0.3, 0.4) is 0 Å². The summed E-state index contributed by atoms with van der Waals surface area (Å²) in [6.07, 6.45) is 5.86. The number of pyridine rings is 1. The van der Waals surface area contributed by atoms with E-state index in [4.69, 9.17) is 0 Å². The molecule has 1 aromatic heterocycles. The van der Waals surface area contributed by atoms with Gasteiger partial charge in [-0.2, -0.15) is 4.31 Å². The Morgan fingerprint density at radius 2 is 2.32 bits per heavy atom. The van der Waals surface area contributed by atoms with E-state index >= 15 is 0 Å². The average Bonchev–Trinajstić information content (AvgIpc) is 2.83. The molecule has 1 aromatic rings. The minimum atomic E-state index is -3.44. The molecule has 1 unspecified atom stereocenters. The lowest BCUT2D eigenvalue weighted by Crippen LogP contribution is -2.34. The maximum absolute atomic E-state index is 12.7. The Kier molecular flexibility index (Phi) is 4.42. The molecule has 0 aliphatic carbocycles. The Balaban J connectivity index is 2.34. The van der Waals surface area contributed by atoms with Crippen molar-refractivity contribution in [1.82, 2.24) is 9.29 Å². The Morgan fingerprint density at radius 3 is 2.95 bits per heavy atom. The van der Waals surface area contributed by atoms with Crippen molar-refractivity contribution in [2.24, 2.45) is 0 Å². The maximum Gasteiger partial charge on any atom is 0.246 e. The van der Waals surface area contributed by atoms with Crippen molar-refractivity contribution < 1.29 is 8.42 Å². The Hall–Kier alpha value is -1.14. The predicted octanol–water partition coefficient (Wildman–Crippen LogP) is 2.08. The summed E-state index contributed by atoms with van der Waals surface area (Å²) in [6.45, 7) is 5.36. The fraction of sp³-hybridized carbons (Fsp3) is 0.615. The molecule has 5 nitrogen and oxygen atoms in total. The molecule has 1 aliphatic heterocycles. The number of nitrogens with zero attached hydrogens (tertiary/aromatic N) is 2. The van der Waals surface area contributed by atoms with Crippen LogP contribution < -0.4 is 5.32 Å². The van der Waals surface area contributed by atoms with Gasteiger partial charge in [-0.3, -0.25) is 4.98 Å². The molecule has 1 N–H and O–H groups in total. The predicted molar refractivity (Wildman–Crippen MR) is 75.6 cm³/mol. The molecule has 1 aliphatic rings. The molecular formula is C13H21N3O2S. The van der Waals surface area contributed by atoms with E-state index in [9.17, 15) is 8.42 Å². The highest BCUT2D eigenvalue weighted by Crippen LogP contribution is 2.29. The summed E-state index contributed by atoms with van der Waals surface area (Å²) in [5, 5.41) is 3.16. The molecule has 1 saturated heterocycles. The first-order valence-electron chi connectivity index (χ1n) is 6.77. The van der Waals surface area contributed by atoms with Gasteiger partial charge >= 0.3 is 0 Å². The van der Waals surface area contributed by atoms with E-state index in [2.05, 4.69) is 10.3 Å². The zero-order valence-electron chi connectivity index (χ0n) is 11.5. The molecule has 19 heavy (non-hydrogen) atoms. The molecule has 106 valence electrons. The van der Waals surface area contributed by atoms with Crippen LogP contribution >= 0.6 is 0 Å². The summed E-state index contributed by atoms with van der Waals surface area (Å²) in [6, 6.07) is 1.80. The van der Waals surface area contributed by atoms with Gasteiger partial charge < -0.3 is 5.32 Å². The quantitative estimate of drug-likeness (QED) is 0.898. The summed E-state index contributed by atoms with van der Waals surface area (Å²) in [5.74, 6) is 0. The van der Waals surface area contributed by atoms with Gasteiger partial charge in [-0.25, -0.2) is 8.42 Å². The van der Waals surface area contributed by atoms with Crippen LogP contribution in [0.2, 0.25) is 0 Å².